The predicted molar refractivity (Wildman–Crippen MR) is 85.7 cm³/mol. The van der Waals surface area contributed by atoms with Crippen molar-refractivity contribution in [2.75, 3.05) is 19.0 Å². The Hall–Kier alpha value is -1.61. The normalized spacial score (nSPS) is 18.9. The van der Waals surface area contributed by atoms with Crippen LogP contribution < -0.4 is 0 Å². The molecular formula is C17H19ClN2O. The number of piperidine rings is 1. The molecule has 0 N–H and O–H groups in total. The molecule has 1 aromatic carbocycles. The average molecular weight is 303 g/mol. The van der Waals surface area contributed by atoms with E-state index in [1.54, 1.807) is 6.20 Å². The second kappa shape index (κ2) is 6.44. The number of rotatable bonds is 3. The van der Waals surface area contributed by atoms with Gasteiger partial charge in [-0.25, -0.2) is 0 Å². The largest absolute Gasteiger partial charge is 0.337 e. The number of carbonyl (C=O) groups is 1. The van der Waals surface area contributed by atoms with Gasteiger partial charge in [-0.3, -0.25) is 9.78 Å². The molecule has 1 aliphatic heterocycles. The molecule has 1 amide bonds. The number of pyridine rings is 1. The van der Waals surface area contributed by atoms with Gasteiger partial charge < -0.3 is 4.90 Å². The van der Waals surface area contributed by atoms with Gasteiger partial charge in [0.2, 0.25) is 0 Å². The fourth-order valence-corrected chi connectivity index (χ4v) is 3.39. The van der Waals surface area contributed by atoms with Crippen LogP contribution in [0.4, 0.5) is 0 Å². The Morgan fingerprint density at radius 2 is 2.19 bits per heavy atom. The molecule has 110 valence electrons. The van der Waals surface area contributed by atoms with Crippen molar-refractivity contribution in [3.05, 3.63) is 42.2 Å². The Kier molecular flexibility index (Phi) is 4.39. The Bertz CT molecular complexity index is 636. The number of alkyl halides is 1. The van der Waals surface area contributed by atoms with E-state index >= 15 is 0 Å². The molecular weight excluding hydrogens is 284 g/mol. The number of amides is 1. The zero-order valence-electron chi connectivity index (χ0n) is 12.0. The number of likely N-dealkylation sites (tertiary alicyclic amines) is 1. The van der Waals surface area contributed by atoms with Crippen molar-refractivity contribution in [3.8, 4) is 0 Å². The van der Waals surface area contributed by atoms with Gasteiger partial charge in [0.25, 0.3) is 5.91 Å². The molecule has 1 unspecified atom stereocenters. The molecule has 0 radical (unpaired) electrons. The minimum atomic E-state index is 0.0473. The van der Waals surface area contributed by atoms with Crippen LogP contribution in [-0.2, 0) is 0 Å². The SMILES string of the molecule is O=C(c1nccc2ccccc12)N1CCCC(CCCl)C1. The van der Waals surface area contributed by atoms with Crippen LogP contribution >= 0.6 is 11.6 Å². The van der Waals surface area contributed by atoms with Crippen molar-refractivity contribution in [1.29, 1.82) is 0 Å². The summed E-state index contributed by atoms with van der Waals surface area (Å²) in [5.41, 5.74) is 0.569. The first kappa shape index (κ1) is 14.3. The molecule has 1 atom stereocenters. The lowest BCUT2D eigenvalue weighted by Gasteiger charge is -2.32. The minimum Gasteiger partial charge on any atom is -0.337 e. The molecule has 0 spiro atoms. The molecule has 3 nitrogen and oxygen atoms in total. The number of nitrogens with zero attached hydrogens (tertiary/aromatic N) is 2. The quantitative estimate of drug-likeness (QED) is 0.810. The van der Waals surface area contributed by atoms with Crippen LogP contribution in [0.3, 0.4) is 0 Å². The molecule has 0 bridgehead atoms. The molecule has 4 heteroatoms. The van der Waals surface area contributed by atoms with E-state index < -0.39 is 0 Å². The third-order valence-corrected chi connectivity index (χ3v) is 4.42. The van der Waals surface area contributed by atoms with Gasteiger partial charge in [0.15, 0.2) is 0 Å². The van der Waals surface area contributed by atoms with Crippen molar-refractivity contribution < 1.29 is 4.79 Å². The number of benzene rings is 1. The lowest BCUT2D eigenvalue weighted by molar-refractivity contribution is 0.0668. The van der Waals surface area contributed by atoms with E-state index in [0.29, 0.717) is 17.5 Å². The van der Waals surface area contributed by atoms with Crippen LogP contribution in [0.2, 0.25) is 0 Å². The van der Waals surface area contributed by atoms with Crippen LogP contribution in [-0.4, -0.2) is 34.8 Å². The summed E-state index contributed by atoms with van der Waals surface area (Å²) in [6.45, 7) is 1.62. The molecule has 1 aromatic heterocycles. The topological polar surface area (TPSA) is 33.2 Å². The zero-order chi connectivity index (χ0) is 14.7. The van der Waals surface area contributed by atoms with Crippen molar-refractivity contribution >= 4 is 28.3 Å². The smallest absolute Gasteiger partial charge is 0.273 e. The lowest BCUT2D eigenvalue weighted by Crippen LogP contribution is -2.40. The maximum atomic E-state index is 12.8. The van der Waals surface area contributed by atoms with Crippen LogP contribution in [0.5, 0.6) is 0 Å². The summed E-state index contributed by atoms with van der Waals surface area (Å²) in [4.78, 5) is 19.1. The number of carbonyl (C=O) groups excluding carboxylic acids is 1. The van der Waals surface area contributed by atoms with Crippen LogP contribution in [0.25, 0.3) is 10.8 Å². The summed E-state index contributed by atoms with van der Waals surface area (Å²) in [7, 11) is 0. The van der Waals surface area contributed by atoms with Crippen LogP contribution in [0.1, 0.15) is 29.8 Å². The Morgan fingerprint density at radius 1 is 1.33 bits per heavy atom. The molecule has 1 fully saturated rings. The first-order valence-electron chi connectivity index (χ1n) is 7.48. The Balaban J connectivity index is 1.86. The second-order valence-electron chi connectivity index (χ2n) is 5.62. The van der Waals surface area contributed by atoms with Crippen molar-refractivity contribution in [3.63, 3.8) is 0 Å². The van der Waals surface area contributed by atoms with Crippen LogP contribution in [0, 0.1) is 5.92 Å². The van der Waals surface area contributed by atoms with Crippen molar-refractivity contribution in [1.82, 2.24) is 9.88 Å². The highest BCUT2D eigenvalue weighted by Crippen LogP contribution is 2.23. The number of hydrogen-bond acceptors (Lipinski definition) is 2. The second-order valence-corrected chi connectivity index (χ2v) is 6.00. The van der Waals surface area contributed by atoms with Gasteiger partial charge in [0, 0.05) is 30.6 Å². The van der Waals surface area contributed by atoms with Crippen molar-refractivity contribution in [2.45, 2.75) is 19.3 Å². The fraction of sp³-hybridized carbons (Fsp3) is 0.412. The predicted octanol–water partition coefficient (Wildman–Crippen LogP) is 3.72. The maximum absolute atomic E-state index is 12.8. The maximum Gasteiger partial charge on any atom is 0.273 e. The van der Waals surface area contributed by atoms with E-state index in [1.165, 1.54) is 6.42 Å². The third-order valence-electron chi connectivity index (χ3n) is 4.20. The number of hydrogen-bond donors (Lipinski definition) is 0. The van der Waals surface area contributed by atoms with E-state index in [0.717, 1.165) is 36.7 Å². The zero-order valence-corrected chi connectivity index (χ0v) is 12.7. The number of aromatic nitrogens is 1. The van der Waals surface area contributed by atoms with Gasteiger partial charge in [-0.15, -0.1) is 11.6 Å². The standard InChI is InChI=1S/C17H19ClN2O/c18-9-7-13-4-3-11-20(12-13)17(21)16-15-6-2-1-5-14(15)8-10-19-16/h1-2,5-6,8,10,13H,3-4,7,9,11-12H2. The van der Waals surface area contributed by atoms with Gasteiger partial charge >= 0.3 is 0 Å². The minimum absolute atomic E-state index is 0.0473. The first-order chi connectivity index (χ1) is 10.3. The van der Waals surface area contributed by atoms with E-state index in [1.807, 2.05) is 35.2 Å². The van der Waals surface area contributed by atoms with E-state index in [2.05, 4.69) is 4.98 Å². The summed E-state index contributed by atoms with van der Waals surface area (Å²) in [5.74, 6) is 1.24. The Labute approximate surface area is 129 Å². The van der Waals surface area contributed by atoms with Gasteiger partial charge in [-0.2, -0.15) is 0 Å². The summed E-state index contributed by atoms with van der Waals surface area (Å²) in [6, 6.07) is 9.86. The fourth-order valence-electron chi connectivity index (χ4n) is 3.08. The highest BCUT2D eigenvalue weighted by molar-refractivity contribution is 6.17. The molecule has 21 heavy (non-hydrogen) atoms. The van der Waals surface area contributed by atoms with E-state index in [4.69, 9.17) is 11.6 Å². The molecule has 0 saturated carbocycles. The summed E-state index contributed by atoms with van der Waals surface area (Å²) in [6.07, 6.45) is 4.92. The summed E-state index contributed by atoms with van der Waals surface area (Å²) < 4.78 is 0. The molecule has 0 aliphatic carbocycles. The highest BCUT2D eigenvalue weighted by atomic mass is 35.5. The first-order valence-corrected chi connectivity index (χ1v) is 8.02. The van der Waals surface area contributed by atoms with Gasteiger partial charge in [-0.1, -0.05) is 24.3 Å². The molecule has 3 rings (SSSR count). The van der Waals surface area contributed by atoms with Crippen LogP contribution in [0.15, 0.2) is 36.5 Å². The molecule has 1 saturated heterocycles. The third kappa shape index (κ3) is 3.03. The number of halogens is 1. The lowest BCUT2D eigenvalue weighted by atomic mass is 9.95. The average Bonchev–Trinajstić information content (AvgIpc) is 2.54. The Morgan fingerprint density at radius 3 is 3.05 bits per heavy atom. The summed E-state index contributed by atoms with van der Waals surface area (Å²) in [5, 5.41) is 2.00. The van der Waals surface area contributed by atoms with E-state index in [9.17, 15) is 4.79 Å². The monoisotopic (exact) mass is 302 g/mol. The van der Waals surface area contributed by atoms with Crippen molar-refractivity contribution in [2.24, 2.45) is 5.92 Å². The highest BCUT2D eigenvalue weighted by Gasteiger charge is 2.25. The van der Waals surface area contributed by atoms with Gasteiger partial charge in [0.05, 0.1) is 0 Å². The van der Waals surface area contributed by atoms with Gasteiger partial charge in [0.1, 0.15) is 5.69 Å². The number of fused-ring (bicyclic) bond motifs is 1. The van der Waals surface area contributed by atoms with Gasteiger partial charge in [-0.05, 0) is 36.6 Å². The summed E-state index contributed by atoms with van der Waals surface area (Å²) >= 11 is 5.84. The van der Waals surface area contributed by atoms with E-state index in [-0.39, 0.29) is 5.91 Å². The molecule has 2 aromatic rings. The molecule has 2 heterocycles. The molecule has 1 aliphatic rings.